The van der Waals surface area contributed by atoms with Crippen molar-refractivity contribution in [2.24, 2.45) is 5.16 Å². The Morgan fingerprint density at radius 2 is 1.79 bits per heavy atom. The van der Waals surface area contributed by atoms with Gasteiger partial charge in [-0.2, -0.15) is 0 Å². The van der Waals surface area contributed by atoms with E-state index >= 15 is 0 Å². The number of hydrogen-bond acceptors (Lipinski definition) is 2. The highest BCUT2D eigenvalue weighted by molar-refractivity contribution is 6.01. The van der Waals surface area contributed by atoms with E-state index in [2.05, 4.69) is 36.3 Å². The Hall–Kier alpha value is -1.31. The molecule has 0 fully saturated rings. The van der Waals surface area contributed by atoms with Gasteiger partial charge in [-0.05, 0) is 18.4 Å². The van der Waals surface area contributed by atoms with Crippen molar-refractivity contribution in [2.45, 2.75) is 64.4 Å². The quantitative estimate of drug-likeness (QED) is 0.606. The minimum absolute atomic E-state index is 0.307. The second kappa shape index (κ2) is 7.98. The molecule has 1 atom stereocenters. The van der Waals surface area contributed by atoms with Crippen molar-refractivity contribution in [3.05, 3.63) is 35.9 Å². The number of nitrogens with zero attached hydrogens (tertiary/aromatic N) is 1. The number of rotatable bonds is 8. The molecule has 0 aromatic heterocycles. The van der Waals surface area contributed by atoms with E-state index in [1.54, 1.807) is 0 Å². The van der Waals surface area contributed by atoms with Gasteiger partial charge in [0, 0.05) is 6.42 Å². The summed E-state index contributed by atoms with van der Waals surface area (Å²) < 4.78 is 0. The molecule has 0 amide bonds. The smallest absolute Gasteiger partial charge is 0.133 e. The first kappa shape index (κ1) is 14.1. The molecule has 0 spiro atoms. The van der Waals surface area contributed by atoms with Gasteiger partial charge in [0.05, 0.1) is 5.71 Å². The summed E-state index contributed by atoms with van der Waals surface area (Å²) in [6.45, 7) is 2.26. The van der Waals surface area contributed by atoms with E-state index in [9.17, 15) is 0 Å². The maximum atomic E-state index is 5.54. The van der Waals surface area contributed by atoms with Crippen LogP contribution in [0.15, 0.2) is 35.5 Å². The molecule has 1 aromatic rings. The largest absolute Gasteiger partial charge is 0.392 e. The molecule has 1 aliphatic rings. The first-order chi connectivity index (χ1) is 9.40. The number of unbranched alkanes of at least 4 members (excludes halogenated alkanes) is 5. The standard InChI is InChI=1S/C17H25NO/c1-2-3-4-5-6-10-13-16-14-17(18-19-16)15-11-8-7-9-12-15/h7-9,11-12,16H,2-6,10,13-14H2,1H3. The van der Waals surface area contributed by atoms with Gasteiger partial charge < -0.3 is 4.84 Å². The Labute approximate surface area is 116 Å². The average Bonchev–Trinajstić information content (AvgIpc) is 2.92. The van der Waals surface area contributed by atoms with Crippen LogP contribution in [-0.4, -0.2) is 11.8 Å². The van der Waals surface area contributed by atoms with Gasteiger partial charge in [-0.15, -0.1) is 0 Å². The highest BCUT2D eigenvalue weighted by Crippen LogP contribution is 2.21. The lowest BCUT2D eigenvalue weighted by Gasteiger charge is -2.07. The Morgan fingerprint density at radius 3 is 2.58 bits per heavy atom. The summed E-state index contributed by atoms with van der Waals surface area (Å²) in [5.41, 5.74) is 2.31. The molecule has 1 unspecified atom stereocenters. The molecule has 19 heavy (non-hydrogen) atoms. The number of oxime groups is 1. The van der Waals surface area contributed by atoms with Crippen LogP contribution in [0.5, 0.6) is 0 Å². The fourth-order valence-electron chi connectivity index (χ4n) is 2.54. The molecule has 104 valence electrons. The lowest BCUT2D eigenvalue weighted by Crippen LogP contribution is -2.08. The summed E-state index contributed by atoms with van der Waals surface area (Å²) in [7, 11) is 0. The topological polar surface area (TPSA) is 21.6 Å². The van der Waals surface area contributed by atoms with Crippen molar-refractivity contribution < 1.29 is 4.84 Å². The average molecular weight is 259 g/mol. The van der Waals surface area contributed by atoms with Crippen LogP contribution in [0.2, 0.25) is 0 Å². The van der Waals surface area contributed by atoms with E-state index < -0.39 is 0 Å². The Bertz CT molecular complexity index is 386. The highest BCUT2D eigenvalue weighted by Gasteiger charge is 2.21. The van der Waals surface area contributed by atoms with Crippen molar-refractivity contribution in [2.75, 3.05) is 0 Å². The highest BCUT2D eigenvalue weighted by atomic mass is 16.6. The minimum Gasteiger partial charge on any atom is -0.392 e. The Morgan fingerprint density at radius 1 is 1.05 bits per heavy atom. The SMILES string of the molecule is CCCCCCCCC1CC(c2ccccc2)=NO1. The fourth-order valence-corrected chi connectivity index (χ4v) is 2.54. The van der Waals surface area contributed by atoms with E-state index in [0.717, 1.165) is 18.6 Å². The minimum atomic E-state index is 0.307. The van der Waals surface area contributed by atoms with Crippen LogP contribution in [0.3, 0.4) is 0 Å². The second-order valence-corrected chi connectivity index (χ2v) is 5.39. The molecular formula is C17H25NO. The van der Waals surface area contributed by atoms with Crippen molar-refractivity contribution in [1.82, 2.24) is 0 Å². The third kappa shape index (κ3) is 4.70. The molecule has 1 aromatic carbocycles. The molecule has 1 heterocycles. The lowest BCUT2D eigenvalue weighted by atomic mass is 10.0. The zero-order valence-electron chi connectivity index (χ0n) is 12.0. The van der Waals surface area contributed by atoms with Crippen LogP contribution in [0.4, 0.5) is 0 Å². The molecule has 0 N–H and O–H groups in total. The molecule has 0 radical (unpaired) electrons. The van der Waals surface area contributed by atoms with Crippen molar-refractivity contribution >= 4 is 5.71 Å². The molecule has 0 saturated heterocycles. The van der Waals surface area contributed by atoms with Gasteiger partial charge in [0.1, 0.15) is 6.10 Å². The van der Waals surface area contributed by atoms with Crippen molar-refractivity contribution in [3.63, 3.8) is 0 Å². The van der Waals surface area contributed by atoms with Gasteiger partial charge in [-0.3, -0.25) is 0 Å². The molecule has 2 nitrogen and oxygen atoms in total. The van der Waals surface area contributed by atoms with Crippen LogP contribution in [0, 0.1) is 0 Å². The monoisotopic (exact) mass is 259 g/mol. The fraction of sp³-hybridized carbons (Fsp3) is 0.588. The third-order valence-corrected chi connectivity index (χ3v) is 3.72. The van der Waals surface area contributed by atoms with Crippen molar-refractivity contribution in [1.29, 1.82) is 0 Å². The summed E-state index contributed by atoms with van der Waals surface area (Å²) in [6.07, 6.45) is 10.5. The molecule has 0 bridgehead atoms. The summed E-state index contributed by atoms with van der Waals surface area (Å²) in [5, 5.41) is 4.23. The second-order valence-electron chi connectivity index (χ2n) is 5.39. The Kier molecular flexibility index (Phi) is 5.93. The van der Waals surface area contributed by atoms with Gasteiger partial charge in [0.15, 0.2) is 0 Å². The number of hydrogen-bond donors (Lipinski definition) is 0. The van der Waals surface area contributed by atoms with Crippen LogP contribution < -0.4 is 0 Å². The summed E-state index contributed by atoms with van der Waals surface area (Å²) in [4.78, 5) is 5.54. The van der Waals surface area contributed by atoms with Crippen LogP contribution in [-0.2, 0) is 4.84 Å². The summed E-state index contributed by atoms with van der Waals surface area (Å²) in [6, 6.07) is 10.4. The maximum Gasteiger partial charge on any atom is 0.133 e. The maximum absolute atomic E-state index is 5.54. The van der Waals surface area contributed by atoms with Gasteiger partial charge in [0.2, 0.25) is 0 Å². The first-order valence-electron chi connectivity index (χ1n) is 7.68. The van der Waals surface area contributed by atoms with Gasteiger partial charge >= 0.3 is 0 Å². The van der Waals surface area contributed by atoms with Crippen LogP contribution >= 0.6 is 0 Å². The van der Waals surface area contributed by atoms with E-state index in [-0.39, 0.29) is 0 Å². The zero-order valence-corrected chi connectivity index (χ0v) is 12.0. The summed E-state index contributed by atoms with van der Waals surface area (Å²) in [5.74, 6) is 0. The predicted molar refractivity (Wildman–Crippen MR) is 80.5 cm³/mol. The first-order valence-corrected chi connectivity index (χ1v) is 7.68. The van der Waals surface area contributed by atoms with E-state index in [1.807, 2.05) is 6.07 Å². The predicted octanol–water partition coefficient (Wildman–Crippen LogP) is 4.93. The zero-order chi connectivity index (χ0) is 13.3. The van der Waals surface area contributed by atoms with E-state index in [1.165, 1.54) is 44.1 Å². The van der Waals surface area contributed by atoms with Crippen LogP contribution in [0.25, 0.3) is 0 Å². The van der Waals surface area contributed by atoms with E-state index in [0.29, 0.717) is 6.10 Å². The van der Waals surface area contributed by atoms with Crippen molar-refractivity contribution in [3.8, 4) is 0 Å². The summed E-state index contributed by atoms with van der Waals surface area (Å²) >= 11 is 0. The van der Waals surface area contributed by atoms with Gasteiger partial charge in [-0.1, -0.05) is 74.5 Å². The molecule has 0 saturated carbocycles. The van der Waals surface area contributed by atoms with Crippen LogP contribution in [0.1, 0.15) is 63.9 Å². The molecular weight excluding hydrogens is 234 g/mol. The number of benzene rings is 1. The van der Waals surface area contributed by atoms with E-state index in [4.69, 9.17) is 4.84 Å². The van der Waals surface area contributed by atoms with Gasteiger partial charge in [0.25, 0.3) is 0 Å². The molecule has 2 heteroatoms. The van der Waals surface area contributed by atoms with Gasteiger partial charge in [-0.25, -0.2) is 0 Å². The molecule has 2 rings (SSSR count). The molecule has 0 aliphatic carbocycles. The molecule has 1 aliphatic heterocycles. The lowest BCUT2D eigenvalue weighted by molar-refractivity contribution is 0.0770. The Balaban J connectivity index is 1.62. The third-order valence-electron chi connectivity index (χ3n) is 3.72. The normalized spacial score (nSPS) is 18.2.